The van der Waals surface area contributed by atoms with E-state index in [4.69, 9.17) is 4.84 Å². The highest BCUT2D eigenvalue weighted by Crippen LogP contribution is 2.06. The first-order chi connectivity index (χ1) is 7.88. The fourth-order valence-electron chi connectivity index (χ4n) is 1.48. The van der Waals surface area contributed by atoms with Gasteiger partial charge in [0.25, 0.3) is 0 Å². The summed E-state index contributed by atoms with van der Waals surface area (Å²) in [4.78, 5) is 5.15. The Hall–Kier alpha value is -1.31. The Labute approximate surface area is 98.3 Å². The molecule has 0 amide bonds. The van der Waals surface area contributed by atoms with Gasteiger partial charge in [-0.25, -0.2) is 0 Å². The van der Waals surface area contributed by atoms with Gasteiger partial charge in [0.05, 0.1) is 0 Å². The molecule has 87 valence electrons. The van der Waals surface area contributed by atoms with Crippen LogP contribution in [0.3, 0.4) is 0 Å². The zero-order valence-electron chi connectivity index (χ0n) is 10.2. The molecule has 2 heteroatoms. The highest BCUT2D eigenvalue weighted by atomic mass is 16.6. The predicted octanol–water partition coefficient (Wildman–Crippen LogP) is 3.67. The number of hydrogen-bond donors (Lipinski definition) is 0. The molecule has 0 saturated heterocycles. The van der Waals surface area contributed by atoms with E-state index in [1.54, 1.807) is 0 Å². The number of rotatable bonds is 7. The lowest BCUT2D eigenvalue weighted by Crippen LogP contribution is -1.92. The quantitative estimate of drug-likeness (QED) is 0.389. The Kier molecular flexibility index (Phi) is 6.31. The average Bonchev–Trinajstić information content (AvgIpc) is 2.34. The van der Waals surface area contributed by atoms with Gasteiger partial charge in [0.15, 0.2) is 0 Å². The minimum Gasteiger partial charge on any atom is -0.395 e. The maximum atomic E-state index is 5.15. The fourth-order valence-corrected chi connectivity index (χ4v) is 1.48. The van der Waals surface area contributed by atoms with Gasteiger partial charge >= 0.3 is 0 Å². The predicted molar refractivity (Wildman–Crippen MR) is 67.8 cm³/mol. The Bertz CT molecular complexity index is 320. The molecule has 0 fully saturated rings. The molecule has 1 rings (SSSR count). The monoisotopic (exact) mass is 218 g/mol. The summed E-state index contributed by atoms with van der Waals surface area (Å²) in [5.41, 5.74) is 2.28. The lowest BCUT2D eigenvalue weighted by atomic mass is 10.1. The molecular weight excluding hydrogens is 198 g/mol. The van der Waals surface area contributed by atoms with Crippen molar-refractivity contribution < 1.29 is 4.84 Å². The first-order valence-electron chi connectivity index (χ1n) is 6.04. The third kappa shape index (κ3) is 4.47. The molecule has 0 atom stereocenters. The zero-order valence-corrected chi connectivity index (χ0v) is 10.2. The summed E-state index contributed by atoms with van der Waals surface area (Å²) in [6.45, 7) is 4.99. The van der Waals surface area contributed by atoms with Gasteiger partial charge in [0, 0.05) is 5.56 Å². The Balaban J connectivity index is 2.37. The van der Waals surface area contributed by atoms with Crippen molar-refractivity contribution in [2.75, 3.05) is 6.61 Å². The van der Waals surface area contributed by atoms with E-state index in [2.05, 4.69) is 31.3 Å². The SMILES string of the molecule is CCCCCO/N=[C]/c1ccccc1CC. The van der Waals surface area contributed by atoms with Crippen LogP contribution in [0, 0.1) is 0 Å². The summed E-state index contributed by atoms with van der Waals surface area (Å²) in [5, 5.41) is 3.87. The molecule has 0 aliphatic heterocycles. The van der Waals surface area contributed by atoms with Crippen LogP contribution in [0.5, 0.6) is 0 Å². The van der Waals surface area contributed by atoms with Crippen LogP contribution in [0.25, 0.3) is 0 Å². The molecular formula is C14H20NO. The Morgan fingerprint density at radius 3 is 2.75 bits per heavy atom. The van der Waals surface area contributed by atoms with Crippen LogP contribution in [-0.2, 0) is 11.3 Å². The molecule has 0 N–H and O–H groups in total. The number of aryl methyl sites for hydroxylation is 1. The minimum atomic E-state index is 0.690. The number of hydrogen-bond acceptors (Lipinski definition) is 2. The van der Waals surface area contributed by atoms with Crippen LogP contribution >= 0.6 is 0 Å². The van der Waals surface area contributed by atoms with Crippen molar-refractivity contribution >= 4 is 6.21 Å². The van der Waals surface area contributed by atoms with Crippen LogP contribution in [0.1, 0.15) is 44.2 Å². The molecule has 0 spiro atoms. The second-order valence-electron chi connectivity index (χ2n) is 3.75. The fraction of sp³-hybridized carbons (Fsp3) is 0.500. The minimum absolute atomic E-state index is 0.690. The lowest BCUT2D eigenvalue weighted by Gasteiger charge is -2.01. The van der Waals surface area contributed by atoms with Gasteiger partial charge in [-0.2, -0.15) is 0 Å². The van der Waals surface area contributed by atoms with E-state index in [9.17, 15) is 0 Å². The van der Waals surface area contributed by atoms with Gasteiger partial charge in [-0.1, -0.05) is 56.1 Å². The molecule has 1 aromatic carbocycles. The summed E-state index contributed by atoms with van der Waals surface area (Å²) < 4.78 is 0. The summed E-state index contributed by atoms with van der Waals surface area (Å²) >= 11 is 0. The van der Waals surface area contributed by atoms with Crippen LogP contribution < -0.4 is 0 Å². The summed E-state index contributed by atoms with van der Waals surface area (Å²) in [7, 11) is 0. The molecule has 0 aromatic heterocycles. The van der Waals surface area contributed by atoms with Gasteiger partial charge in [-0.3, -0.25) is 0 Å². The van der Waals surface area contributed by atoms with Crippen molar-refractivity contribution in [3.05, 3.63) is 35.4 Å². The largest absolute Gasteiger partial charge is 0.395 e. The molecule has 0 heterocycles. The number of unbranched alkanes of at least 4 members (excludes halogenated alkanes) is 2. The third-order valence-electron chi connectivity index (χ3n) is 2.47. The van der Waals surface area contributed by atoms with E-state index in [0.717, 1.165) is 18.4 Å². The highest BCUT2D eigenvalue weighted by Gasteiger charge is 1.96. The number of nitrogens with zero attached hydrogens (tertiary/aromatic N) is 1. The van der Waals surface area contributed by atoms with E-state index in [0.29, 0.717) is 6.61 Å². The van der Waals surface area contributed by atoms with Crippen LogP contribution in [0.4, 0.5) is 0 Å². The van der Waals surface area contributed by atoms with Crippen molar-refractivity contribution in [2.24, 2.45) is 5.16 Å². The summed E-state index contributed by atoms with van der Waals surface area (Å²) in [6, 6.07) is 8.13. The second kappa shape index (κ2) is 7.91. The van der Waals surface area contributed by atoms with Crippen molar-refractivity contribution in [1.29, 1.82) is 0 Å². The maximum Gasteiger partial charge on any atom is 0.139 e. The lowest BCUT2D eigenvalue weighted by molar-refractivity contribution is 0.141. The highest BCUT2D eigenvalue weighted by molar-refractivity contribution is 5.81. The molecule has 1 aromatic rings. The maximum absolute atomic E-state index is 5.15. The number of benzene rings is 1. The van der Waals surface area contributed by atoms with E-state index >= 15 is 0 Å². The van der Waals surface area contributed by atoms with Gasteiger partial charge in [0.1, 0.15) is 12.8 Å². The third-order valence-corrected chi connectivity index (χ3v) is 2.47. The Morgan fingerprint density at radius 2 is 2.00 bits per heavy atom. The van der Waals surface area contributed by atoms with Gasteiger partial charge in [-0.15, -0.1) is 0 Å². The topological polar surface area (TPSA) is 21.6 Å². The molecule has 2 nitrogen and oxygen atoms in total. The normalized spacial score (nSPS) is 10.9. The molecule has 0 aliphatic rings. The first-order valence-corrected chi connectivity index (χ1v) is 6.04. The van der Waals surface area contributed by atoms with Crippen LogP contribution in [0.15, 0.2) is 29.4 Å². The van der Waals surface area contributed by atoms with Crippen molar-refractivity contribution in [3.63, 3.8) is 0 Å². The van der Waals surface area contributed by atoms with Crippen molar-refractivity contribution in [3.8, 4) is 0 Å². The molecule has 0 bridgehead atoms. The smallest absolute Gasteiger partial charge is 0.139 e. The van der Waals surface area contributed by atoms with Crippen LogP contribution in [-0.4, -0.2) is 12.8 Å². The zero-order chi connectivity index (χ0) is 11.6. The average molecular weight is 218 g/mol. The Morgan fingerprint density at radius 1 is 1.19 bits per heavy atom. The summed E-state index contributed by atoms with van der Waals surface area (Å²) in [6.07, 6.45) is 7.40. The standard InChI is InChI=1S/C14H20NO/c1-3-5-8-11-16-15-12-14-10-7-6-9-13(14)4-2/h6-7,9-10H,3-5,8,11H2,1-2H3. The summed E-state index contributed by atoms with van der Waals surface area (Å²) in [5.74, 6) is 0. The molecule has 0 unspecified atom stereocenters. The van der Waals surface area contributed by atoms with Gasteiger partial charge in [0.2, 0.25) is 0 Å². The van der Waals surface area contributed by atoms with Crippen LogP contribution in [0.2, 0.25) is 0 Å². The van der Waals surface area contributed by atoms with Crippen molar-refractivity contribution in [1.82, 2.24) is 0 Å². The van der Waals surface area contributed by atoms with Crippen molar-refractivity contribution in [2.45, 2.75) is 39.5 Å². The molecule has 16 heavy (non-hydrogen) atoms. The van der Waals surface area contributed by atoms with Gasteiger partial charge in [-0.05, 0) is 18.4 Å². The van der Waals surface area contributed by atoms with E-state index in [1.807, 2.05) is 18.2 Å². The van der Waals surface area contributed by atoms with Gasteiger partial charge < -0.3 is 4.84 Å². The first kappa shape index (κ1) is 12.8. The molecule has 0 aliphatic carbocycles. The molecule has 0 saturated carbocycles. The second-order valence-corrected chi connectivity index (χ2v) is 3.75. The van der Waals surface area contributed by atoms with E-state index in [1.165, 1.54) is 18.4 Å². The van der Waals surface area contributed by atoms with E-state index < -0.39 is 0 Å². The van der Waals surface area contributed by atoms with E-state index in [-0.39, 0.29) is 0 Å². The molecule has 1 radical (unpaired) electrons.